The van der Waals surface area contributed by atoms with Gasteiger partial charge in [-0.15, -0.1) is 0 Å². The fraction of sp³-hybridized carbons (Fsp3) is 0.333. The molecule has 0 saturated carbocycles. The molecule has 0 bridgehead atoms. The molecule has 0 fully saturated rings. The van der Waals surface area contributed by atoms with Crippen LogP contribution in [0.25, 0.3) is 0 Å². The van der Waals surface area contributed by atoms with Crippen LogP contribution in [0, 0.1) is 12.8 Å². The van der Waals surface area contributed by atoms with E-state index in [0.29, 0.717) is 24.3 Å². The number of carbonyl (C=O) groups is 1. The highest BCUT2D eigenvalue weighted by Crippen LogP contribution is 2.18. The van der Waals surface area contributed by atoms with Crippen LogP contribution in [-0.4, -0.2) is 36.3 Å². The lowest BCUT2D eigenvalue weighted by molar-refractivity contribution is 0.0939. The average molecular weight is 314 g/mol. The second-order valence-electron chi connectivity index (χ2n) is 5.47. The van der Waals surface area contributed by atoms with Gasteiger partial charge in [0.05, 0.1) is 7.11 Å². The number of aliphatic hydroxyl groups is 1. The van der Waals surface area contributed by atoms with Crippen molar-refractivity contribution in [3.05, 3.63) is 59.4 Å². The summed E-state index contributed by atoms with van der Waals surface area (Å²) in [5, 5.41) is 12.3. The molecule has 0 aliphatic carbocycles. The summed E-state index contributed by atoms with van der Waals surface area (Å²) < 4.78 is 5.23. The number of aryl methyl sites for hydroxylation is 1. The normalized spacial score (nSPS) is 11.8. The summed E-state index contributed by atoms with van der Waals surface area (Å²) in [5.41, 5.74) is 2.42. The van der Waals surface area contributed by atoms with E-state index in [0.717, 1.165) is 11.3 Å². The van der Waals surface area contributed by atoms with E-state index in [1.54, 1.807) is 25.4 Å². The minimum absolute atomic E-state index is 0.00588. The van der Waals surface area contributed by atoms with Crippen molar-refractivity contribution in [2.45, 2.75) is 13.3 Å². The van der Waals surface area contributed by atoms with Crippen molar-refractivity contribution in [2.75, 3.05) is 20.3 Å². The van der Waals surface area contributed by atoms with Crippen molar-refractivity contribution in [1.29, 1.82) is 0 Å². The van der Waals surface area contributed by atoms with Gasteiger partial charge in [0, 0.05) is 36.5 Å². The molecule has 0 saturated heterocycles. The summed E-state index contributed by atoms with van der Waals surface area (Å²) in [4.78, 5) is 16.5. The van der Waals surface area contributed by atoms with Crippen molar-refractivity contribution >= 4 is 5.91 Å². The lowest BCUT2D eigenvalue weighted by Gasteiger charge is -2.15. The van der Waals surface area contributed by atoms with Gasteiger partial charge >= 0.3 is 0 Å². The van der Waals surface area contributed by atoms with Crippen LogP contribution in [0.5, 0.6) is 5.75 Å². The summed E-state index contributed by atoms with van der Waals surface area (Å²) in [6.07, 6.45) is 2.34. The number of benzene rings is 1. The maximum atomic E-state index is 12.2. The van der Waals surface area contributed by atoms with Crippen LogP contribution in [0.4, 0.5) is 0 Å². The molecule has 0 aliphatic heterocycles. The van der Waals surface area contributed by atoms with Gasteiger partial charge in [-0.25, -0.2) is 0 Å². The Labute approximate surface area is 136 Å². The Kier molecular flexibility index (Phi) is 6.11. The molecular formula is C18H22N2O3. The number of amides is 1. The lowest BCUT2D eigenvalue weighted by atomic mass is 10.0. The van der Waals surface area contributed by atoms with E-state index in [9.17, 15) is 9.90 Å². The molecule has 5 nitrogen and oxygen atoms in total. The van der Waals surface area contributed by atoms with Gasteiger partial charge in [-0.3, -0.25) is 9.78 Å². The van der Waals surface area contributed by atoms with Crippen molar-refractivity contribution in [3.63, 3.8) is 0 Å². The van der Waals surface area contributed by atoms with E-state index >= 15 is 0 Å². The zero-order valence-corrected chi connectivity index (χ0v) is 13.5. The summed E-state index contributed by atoms with van der Waals surface area (Å²) in [6, 6.07) is 11.0. The molecule has 0 spiro atoms. The molecule has 23 heavy (non-hydrogen) atoms. The Morgan fingerprint density at radius 3 is 2.83 bits per heavy atom. The summed E-state index contributed by atoms with van der Waals surface area (Å²) >= 11 is 0. The number of nitrogens with one attached hydrogen (secondary N) is 1. The first-order valence-corrected chi connectivity index (χ1v) is 7.57. The molecule has 1 atom stereocenters. The Bertz CT molecular complexity index is 644. The number of hydrogen-bond acceptors (Lipinski definition) is 4. The second kappa shape index (κ2) is 8.29. The number of pyridine rings is 1. The predicted octanol–water partition coefficient (Wildman–Crippen LogP) is 1.98. The molecular weight excluding hydrogens is 292 g/mol. The maximum Gasteiger partial charge on any atom is 0.251 e. The van der Waals surface area contributed by atoms with E-state index < -0.39 is 0 Å². The van der Waals surface area contributed by atoms with Crippen LogP contribution in [0.15, 0.2) is 42.6 Å². The molecule has 0 aliphatic rings. The first kappa shape index (κ1) is 17.0. The summed E-state index contributed by atoms with van der Waals surface area (Å²) in [7, 11) is 1.58. The Morgan fingerprint density at radius 1 is 1.35 bits per heavy atom. The van der Waals surface area contributed by atoms with Gasteiger partial charge in [0.15, 0.2) is 0 Å². The molecule has 2 aromatic rings. The molecule has 1 heterocycles. The van der Waals surface area contributed by atoms with E-state index in [1.165, 1.54) is 0 Å². The molecule has 0 radical (unpaired) electrons. The summed E-state index contributed by atoms with van der Waals surface area (Å²) in [6.45, 7) is 2.31. The van der Waals surface area contributed by atoms with Crippen LogP contribution in [-0.2, 0) is 6.42 Å². The van der Waals surface area contributed by atoms with Gasteiger partial charge in [-0.1, -0.05) is 12.1 Å². The largest absolute Gasteiger partial charge is 0.496 e. The topological polar surface area (TPSA) is 71.5 Å². The molecule has 2 N–H and O–H groups in total. The second-order valence-corrected chi connectivity index (χ2v) is 5.47. The highest BCUT2D eigenvalue weighted by atomic mass is 16.5. The zero-order chi connectivity index (χ0) is 16.7. The number of aliphatic hydroxyl groups excluding tert-OH is 1. The third-order valence-electron chi connectivity index (χ3n) is 3.70. The van der Waals surface area contributed by atoms with Gasteiger partial charge in [0.2, 0.25) is 0 Å². The van der Waals surface area contributed by atoms with Crippen LogP contribution in [0.1, 0.15) is 21.6 Å². The third-order valence-corrected chi connectivity index (χ3v) is 3.70. The average Bonchev–Trinajstić information content (AvgIpc) is 2.59. The van der Waals surface area contributed by atoms with Crippen LogP contribution in [0.3, 0.4) is 0 Å². The maximum absolute atomic E-state index is 12.2. The van der Waals surface area contributed by atoms with Gasteiger partial charge in [-0.2, -0.15) is 0 Å². The lowest BCUT2D eigenvalue weighted by Crippen LogP contribution is -2.32. The smallest absolute Gasteiger partial charge is 0.251 e. The number of rotatable bonds is 7. The number of hydrogen-bond donors (Lipinski definition) is 2. The first-order valence-electron chi connectivity index (χ1n) is 7.57. The molecule has 1 amide bonds. The number of aromatic nitrogens is 1. The monoisotopic (exact) mass is 314 g/mol. The zero-order valence-electron chi connectivity index (χ0n) is 13.5. The molecule has 1 aromatic carbocycles. The number of nitrogens with zero attached hydrogens (tertiary/aromatic N) is 1. The molecule has 1 unspecified atom stereocenters. The van der Waals surface area contributed by atoms with Gasteiger partial charge < -0.3 is 15.2 Å². The molecule has 1 aromatic heterocycles. The van der Waals surface area contributed by atoms with Crippen LogP contribution >= 0.6 is 0 Å². The predicted molar refractivity (Wildman–Crippen MR) is 88.6 cm³/mol. The highest BCUT2D eigenvalue weighted by molar-refractivity contribution is 5.94. The number of ether oxygens (including phenoxy) is 1. The van der Waals surface area contributed by atoms with Crippen LogP contribution < -0.4 is 10.1 Å². The SMILES string of the molecule is COc1cc(C(=O)NCC(CO)Cc2ccccn2)ccc1C. The Hall–Kier alpha value is -2.40. The Balaban J connectivity index is 1.94. The first-order chi connectivity index (χ1) is 11.1. The standard InChI is InChI=1S/C18H22N2O3/c1-13-6-7-15(10-17(13)23-2)18(22)20-11-14(12-21)9-16-5-3-4-8-19-16/h3-8,10,14,21H,9,11-12H2,1-2H3,(H,20,22). The van der Waals surface area contributed by atoms with Crippen molar-refractivity contribution in [1.82, 2.24) is 10.3 Å². The van der Waals surface area contributed by atoms with Gasteiger partial charge in [0.1, 0.15) is 5.75 Å². The summed E-state index contributed by atoms with van der Waals surface area (Å²) in [5.74, 6) is 0.439. The minimum atomic E-state index is -0.178. The number of carbonyl (C=O) groups excluding carboxylic acids is 1. The van der Waals surface area contributed by atoms with E-state index in [-0.39, 0.29) is 18.4 Å². The Morgan fingerprint density at radius 2 is 2.17 bits per heavy atom. The van der Waals surface area contributed by atoms with E-state index in [4.69, 9.17) is 4.74 Å². The molecule has 2 rings (SSSR count). The van der Waals surface area contributed by atoms with Gasteiger partial charge in [0.25, 0.3) is 5.91 Å². The van der Waals surface area contributed by atoms with Crippen LogP contribution in [0.2, 0.25) is 0 Å². The van der Waals surface area contributed by atoms with Crippen molar-refractivity contribution in [2.24, 2.45) is 5.92 Å². The third kappa shape index (κ3) is 4.79. The highest BCUT2D eigenvalue weighted by Gasteiger charge is 2.13. The fourth-order valence-electron chi connectivity index (χ4n) is 2.32. The fourth-order valence-corrected chi connectivity index (χ4v) is 2.32. The quantitative estimate of drug-likeness (QED) is 0.820. The van der Waals surface area contributed by atoms with Crippen molar-refractivity contribution < 1.29 is 14.6 Å². The van der Waals surface area contributed by atoms with Gasteiger partial charge in [-0.05, 0) is 43.2 Å². The molecule has 122 valence electrons. The van der Waals surface area contributed by atoms with Crippen molar-refractivity contribution in [3.8, 4) is 5.75 Å². The molecule has 5 heteroatoms. The van der Waals surface area contributed by atoms with E-state index in [2.05, 4.69) is 10.3 Å². The minimum Gasteiger partial charge on any atom is -0.496 e. The number of methoxy groups -OCH3 is 1. The van der Waals surface area contributed by atoms with E-state index in [1.807, 2.05) is 31.2 Å².